The molecule has 23 heavy (non-hydrogen) atoms. The van der Waals surface area contributed by atoms with Gasteiger partial charge < -0.3 is 10.6 Å². The first-order chi connectivity index (χ1) is 10.6. The van der Waals surface area contributed by atoms with E-state index in [0.717, 1.165) is 35.8 Å². The zero-order valence-electron chi connectivity index (χ0n) is 14.4. The van der Waals surface area contributed by atoms with Gasteiger partial charge in [-0.05, 0) is 32.6 Å². The molecule has 1 aromatic rings. The van der Waals surface area contributed by atoms with Gasteiger partial charge in [0.05, 0.1) is 17.2 Å². The third kappa shape index (κ3) is 4.79. The number of nitrogens with zero attached hydrogens (tertiary/aromatic N) is 3. The van der Waals surface area contributed by atoms with Crippen LogP contribution in [0.25, 0.3) is 0 Å². The Morgan fingerprint density at radius 3 is 2.65 bits per heavy atom. The molecule has 0 radical (unpaired) electrons. The summed E-state index contributed by atoms with van der Waals surface area (Å²) in [5.74, 6) is 1.58. The molecule has 2 fully saturated rings. The molecule has 0 aromatic carbocycles. The largest absolute Gasteiger partial charge is 0.352 e. The molecular weight excluding hydrogens is 421 g/mol. The Hall–Kier alpha value is -0.410. The van der Waals surface area contributed by atoms with Gasteiger partial charge in [-0.25, -0.2) is 4.98 Å². The minimum atomic E-state index is 0. The van der Waals surface area contributed by atoms with Crippen LogP contribution >= 0.6 is 35.3 Å². The van der Waals surface area contributed by atoms with Crippen LogP contribution < -0.4 is 10.6 Å². The van der Waals surface area contributed by atoms with Gasteiger partial charge in [0.15, 0.2) is 5.96 Å². The fraction of sp³-hybridized carbons (Fsp3) is 0.750. The van der Waals surface area contributed by atoms with Gasteiger partial charge >= 0.3 is 0 Å². The molecular formula is C16H28IN5S. The molecule has 1 aliphatic heterocycles. The molecule has 0 bridgehead atoms. The first-order valence-electron chi connectivity index (χ1n) is 8.21. The van der Waals surface area contributed by atoms with Crippen molar-refractivity contribution in [1.29, 1.82) is 0 Å². The fourth-order valence-corrected chi connectivity index (χ4v) is 4.08. The Morgan fingerprint density at radius 1 is 1.35 bits per heavy atom. The Bertz CT molecular complexity index is 555. The first kappa shape index (κ1) is 18.9. The van der Waals surface area contributed by atoms with Crippen molar-refractivity contribution in [2.75, 3.05) is 20.1 Å². The minimum absolute atomic E-state index is 0. The van der Waals surface area contributed by atoms with E-state index in [9.17, 15) is 0 Å². The lowest BCUT2D eigenvalue weighted by molar-refractivity contribution is 0.315. The van der Waals surface area contributed by atoms with E-state index < -0.39 is 0 Å². The molecule has 1 saturated heterocycles. The van der Waals surface area contributed by atoms with Gasteiger partial charge in [-0.2, -0.15) is 0 Å². The number of aromatic nitrogens is 1. The molecule has 1 aromatic heterocycles. The van der Waals surface area contributed by atoms with Crippen LogP contribution in [0, 0.1) is 19.8 Å². The van der Waals surface area contributed by atoms with Crippen molar-refractivity contribution < 1.29 is 0 Å². The number of thiazole rings is 1. The number of halogens is 1. The Kier molecular flexibility index (Phi) is 6.67. The summed E-state index contributed by atoms with van der Waals surface area (Å²) in [7, 11) is 1.85. The molecule has 5 nitrogen and oxygen atoms in total. The monoisotopic (exact) mass is 449 g/mol. The van der Waals surface area contributed by atoms with Gasteiger partial charge in [0, 0.05) is 37.1 Å². The zero-order chi connectivity index (χ0) is 15.7. The van der Waals surface area contributed by atoms with Gasteiger partial charge in [-0.1, -0.05) is 6.92 Å². The van der Waals surface area contributed by atoms with Gasteiger partial charge in [0.25, 0.3) is 0 Å². The molecule has 2 aliphatic rings. The Morgan fingerprint density at radius 2 is 2.09 bits per heavy atom. The van der Waals surface area contributed by atoms with Crippen molar-refractivity contribution in [1.82, 2.24) is 20.5 Å². The molecule has 0 spiro atoms. The summed E-state index contributed by atoms with van der Waals surface area (Å²) in [5, 5.41) is 8.17. The van der Waals surface area contributed by atoms with Crippen LogP contribution in [0.3, 0.4) is 0 Å². The molecule has 3 rings (SSSR count). The second kappa shape index (κ2) is 8.11. The first-order valence-corrected chi connectivity index (χ1v) is 9.02. The zero-order valence-corrected chi connectivity index (χ0v) is 17.6. The van der Waals surface area contributed by atoms with E-state index in [2.05, 4.69) is 46.3 Å². The number of likely N-dealkylation sites (tertiary alicyclic amines) is 1. The highest BCUT2D eigenvalue weighted by Gasteiger charge is 2.38. The summed E-state index contributed by atoms with van der Waals surface area (Å²) in [4.78, 5) is 12.8. The average molecular weight is 449 g/mol. The molecule has 7 heteroatoms. The predicted molar refractivity (Wildman–Crippen MR) is 108 cm³/mol. The topological polar surface area (TPSA) is 52.6 Å². The van der Waals surface area contributed by atoms with Crippen molar-refractivity contribution in [2.24, 2.45) is 10.9 Å². The van der Waals surface area contributed by atoms with Crippen molar-refractivity contribution in [3.05, 3.63) is 15.6 Å². The van der Waals surface area contributed by atoms with E-state index in [4.69, 9.17) is 0 Å². The highest BCUT2D eigenvalue weighted by Crippen LogP contribution is 2.31. The number of aryl methyl sites for hydroxylation is 2. The average Bonchev–Trinajstić information content (AvgIpc) is 3.19. The van der Waals surface area contributed by atoms with E-state index in [1.807, 2.05) is 7.05 Å². The highest BCUT2D eigenvalue weighted by atomic mass is 127. The lowest BCUT2D eigenvalue weighted by Crippen LogP contribution is -2.46. The van der Waals surface area contributed by atoms with E-state index in [0.29, 0.717) is 12.0 Å². The molecule has 2 N–H and O–H groups in total. The summed E-state index contributed by atoms with van der Waals surface area (Å²) in [6.07, 6.45) is 2.77. The molecule has 1 saturated carbocycles. The molecule has 130 valence electrons. The van der Waals surface area contributed by atoms with Gasteiger partial charge in [0.1, 0.15) is 0 Å². The lowest BCUT2D eigenvalue weighted by Gasteiger charge is -2.20. The fourth-order valence-electron chi connectivity index (χ4n) is 3.20. The second-order valence-corrected chi connectivity index (χ2v) is 7.87. The van der Waals surface area contributed by atoms with Gasteiger partial charge in [0.2, 0.25) is 0 Å². The second-order valence-electron chi connectivity index (χ2n) is 6.58. The maximum atomic E-state index is 4.48. The van der Waals surface area contributed by atoms with Crippen LogP contribution in [0.1, 0.15) is 35.3 Å². The maximum Gasteiger partial charge on any atom is 0.191 e. The number of hydrogen-bond acceptors (Lipinski definition) is 4. The highest BCUT2D eigenvalue weighted by molar-refractivity contribution is 14.0. The minimum Gasteiger partial charge on any atom is -0.352 e. The van der Waals surface area contributed by atoms with Crippen LogP contribution in [0.15, 0.2) is 4.99 Å². The SMILES string of the molecule is CN=C(NCc1sc(C)nc1C)NC1CN(C2CC2)CC1C.I. The standard InChI is InChI=1S/C16H27N5S.HI/c1-10-8-21(13-5-6-13)9-14(10)20-16(17-4)18-7-15-11(2)19-12(3)22-15;/h10,13-14H,5-9H2,1-4H3,(H2,17,18,20);1H. The molecule has 2 atom stereocenters. The maximum absolute atomic E-state index is 4.48. The number of nitrogens with one attached hydrogen (secondary N) is 2. The summed E-state index contributed by atoms with van der Waals surface area (Å²) in [5.41, 5.74) is 1.12. The van der Waals surface area contributed by atoms with E-state index in [1.54, 1.807) is 11.3 Å². The van der Waals surface area contributed by atoms with Crippen molar-refractivity contribution in [3.63, 3.8) is 0 Å². The van der Waals surface area contributed by atoms with Crippen LogP contribution in [-0.4, -0.2) is 48.1 Å². The van der Waals surface area contributed by atoms with Crippen LogP contribution in [0.4, 0.5) is 0 Å². The third-order valence-electron chi connectivity index (χ3n) is 4.67. The predicted octanol–water partition coefficient (Wildman–Crippen LogP) is 2.53. The number of aliphatic imine (C=N–C) groups is 1. The number of rotatable bonds is 4. The molecule has 2 unspecified atom stereocenters. The Labute approximate surface area is 160 Å². The molecule has 2 heterocycles. The smallest absolute Gasteiger partial charge is 0.191 e. The lowest BCUT2D eigenvalue weighted by atomic mass is 10.1. The van der Waals surface area contributed by atoms with Crippen LogP contribution in [0.5, 0.6) is 0 Å². The quantitative estimate of drug-likeness (QED) is 0.422. The number of hydrogen-bond donors (Lipinski definition) is 2. The van der Waals surface area contributed by atoms with Crippen molar-refractivity contribution in [2.45, 2.75) is 52.2 Å². The van der Waals surface area contributed by atoms with Crippen molar-refractivity contribution in [3.8, 4) is 0 Å². The number of guanidine groups is 1. The van der Waals surface area contributed by atoms with E-state index in [1.165, 1.54) is 24.3 Å². The van der Waals surface area contributed by atoms with Crippen LogP contribution in [-0.2, 0) is 6.54 Å². The normalized spacial score (nSPS) is 25.3. The summed E-state index contributed by atoms with van der Waals surface area (Å²) in [6, 6.07) is 1.35. The van der Waals surface area contributed by atoms with Crippen LogP contribution in [0.2, 0.25) is 0 Å². The summed E-state index contributed by atoms with van der Waals surface area (Å²) < 4.78 is 0. The van der Waals surface area contributed by atoms with Gasteiger partial charge in [-0.15, -0.1) is 35.3 Å². The molecule has 1 aliphatic carbocycles. The van der Waals surface area contributed by atoms with Crippen molar-refractivity contribution >= 4 is 41.3 Å². The van der Waals surface area contributed by atoms with Gasteiger partial charge in [-0.3, -0.25) is 9.89 Å². The third-order valence-corrected chi connectivity index (χ3v) is 5.74. The summed E-state index contributed by atoms with van der Waals surface area (Å²) in [6.45, 7) is 9.62. The summed E-state index contributed by atoms with van der Waals surface area (Å²) >= 11 is 1.76. The van der Waals surface area contributed by atoms with E-state index >= 15 is 0 Å². The van der Waals surface area contributed by atoms with E-state index in [-0.39, 0.29) is 24.0 Å². The Balaban J connectivity index is 0.00000192. The molecule has 0 amide bonds.